The first kappa shape index (κ1) is 8.71. The number of H-pyrrole nitrogens is 2. The molecule has 6 heteroatoms. The molecule has 0 amide bonds. The van der Waals surface area contributed by atoms with E-state index in [-0.39, 0.29) is 5.69 Å². The molecular formula is C7H11N3O2S. The highest BCUT2D eigenvalue weighted by molar-refractivity contribution is 7.71. The number of nitrogens with one attached hydrogen (secondary N) is 2. The molecule has 0 saturated carbocycles. The van der Waals surface area contributed by atoms with E-state index >= 15 is 0 Å². The SMILES string of the molecule is O=c1[nH][nH]c(=S)n1CC1CCOC1. The summed E-state index contributed by atoms with van der Waals surface area (Å²) >= 11 is 4.94. The second kappa shape index (κ2) is 3.47. The molecule has 5 nitrogen and oxygen atoms in total. The van der Waals surface area contributed by atoms with Crippen LogP contribution >= 0.6 is 12.2 Å². The van der Waals surface area contributed by atoms with Crippen molar-refractivity contribution < 1.29 is 4.74 Å². The summed E-state index contributed by atoms with van der Waals surface area (Å²) < 4.78 is 7.21. The maximum Gasteiger partial charge on any atom is 0.342 e. The molecule has 0 radical (unpaired) electrons. The minimum Gasteiger partial charge on any atom is -0.381 e. The molecule has 2 rings (SSSR count). The Morgan fingerprint density at radius 3 is 3.00 bits per heavy atom. The van der Waals surface area contributed by atoms with Gasteiger partial charge in [0.25, 0.3) is 0 Å². The number of aromatic nitrogens is 3. The molecule has 2 heterocycles. The zero-order chi connectivity index (χ0) is 9.26. The van der Waals surface area contributed by atoms with Gasteiger partial charge < -0.3 is 4.74 Å². The zero-order valence-electron chi connectivity index (χ0n) is 7.08. The van der Waals surface area contributed by atoms with Gasteiger partial charge in [-0.1, -0.05) is 0 Å². The summed E-state index contributed by atoms with van der Waals surface area (Å²) in [5.74, 6) is 0.420. The van der Waals surface area contributed by atoms with Gasteiger partial charge in [-0.25, -0.2) is 9.89 Å². The van der Waals surface area contributed by atoms with Crippen LogP contribution in [-0.4, -0.2) is 28.0 Å². The molecule has 1 aromatic rings. The van der Waals surface area contributed by atoms with E-state index in [1.807, 2.05) is 0 Å². The van der Waals surface area contributed by atoms with Crippen molar-refractivity contribution in [1.29, 1.82) is 0 Å². The van der Waals surface area contributed by atoms with E-state index in [1.54, 1.807) is 0 Å². The molecular weight excluding hydrogens is 190 g/mol. The highest BCUT2D eigenvalue weighted by Gasteiger charge is 2.17. The predicted octanol–water partition coefficient (Wildman–Crippen LogP) is 0.270. The summed E-state index contributed by atoms with van der Waals surface area (Å²) in [5.41, 5.74) is -0.170. The van der Waals surface area contributed by atoms with E-state index in [2.05, 4.69) is 10.2 Å². The number of hydrogen-bond donors (Lipinski definition) is 2. The van der Waals surface area contributed by atoms with Crippen LogP contribution in [-0.2, 0) is 11.3 Å². The van der Waals surface area contributed by atoms with Gasteiger partial charge in [-0.2, -0.15) is 0 Å². The lowest BCUT2D eigenvalue weighted by Crippen LogP contribution is -2.22. The zero-order valence-corrected chi connectivity index (χ0v) is 7.89. The molecule has 1 fully saturated rings. The van der Waals surface area contributed by atoms with Gasteiger partial charge >= 0.3 is 5.69 Å². The number of ether oxygens (including phenoxy) is 1. The summed E-state index contributed by atoms with van der Waals surface area (Å²) in [6.45, 7) is 2.17. The standard InChI is InChI=1S/C7H11N3O2S/c11-6-8-9-7(13)10(6)3-5-1-2-12-4-5/h5H,1-4H2,(H,8,11)(H,9,13). The number of rotatable bonds is 2. The maximum absolute atomic E-state index is 11.2. The lowest BCUT2D eigenvalue weighted by molar-refractivity contribution is 0.182. The van der Waals surface area contributed by atoms with Crippen LogP contribution < -0.4 is 5.69 Å². The van der Waals surface area contributed by atoms with E-state index in [4.69, 9.17) is 17.0 Å². The van der Waals surface area contributed by atoms with Gasteiger partial charge in [-0.15, -0.1) is 0 Å². The van der Waals surface area contributed by atoms with Gasteiger partial charge in [0.05, 0.1) is 6.61 Å². The second-order valence-electron chi connectivity index (χ2n) is 3.20. The van der Waals surface area contributed by atoms with Crippen molar-refractivity contribution in [3.8, 4) is 0 Å². The average molecular weight is 201 g/mol. The van der Waals surface area contributed by atoms with Crippen molar-refractivity contribution in [1.82, 2.24) is 14.8 Å². The summed E-state index contributed by atoms with van der Waals surface area (Å²) in [4.78, 5) is 11.2. The molecule has 1 atom stereocenters. The Kier molecular flexibility index (Phi) is 2.32. The van der Waals surface area contributed by atoms with Gasteiger partial charge in [0.2, 0.25) is 0 Å². The van der Waals surface area contributed by atoms with Gasteiger partial charge in [-0.05, 0) is 18.6 Å². The lowest BCUT2D eigenvalue weighted by atomic mass is 10.1. The van der Waals surface area contributed by atoms with E-state index in [0.717, 1.165) is 19.6 Å². The first-order valence-corrected chi connectivity index (χ1v) is 4.63. The quantitative estimate of drug-likeness (QED) is 0.675. The summed E-state index contributed by atoms with van der Waals surface area (Å²) in [7, 11) is 0. The molecule has 0 aliphatic carbocycles. The third-order valence-electron chi connectivity index (χ3n) is 2.23. The Labute approximate surface area is 79.7 Å². The molecule has 1 aromatic heterocycles. The van der Waals surface area contributed by atoms with Crippen LogP contribution in [0.15, 0.2) is 4.79 Å². The Bertz CT molecular complexity index is 357. The van der Waals surface area contributed by atoms with Crippen LogP contribution in [0.4, 0.5) is 0 Å². The topological polar surface area (TPSA) is 62.8 Å². The molecule has 1 aliphatic heterocycles. The van der Waals surface area contributed by atoms with E-state index in [9.17, 15) is 4.79 Å². The summed E-state index contributed by atoms with van der Waals surface area (Å²) in [6, 6.07) is 0. The minimum absolute atomic E-state index is 0.170. The monoisotopic (exact) mass is 201 g/mol. The van der Waals surface area contributed by atoms with Crippen LogP contribution in [0.1, 0.15) is 6.42 Å². The first-order chi connectivity index (χ1) is 6.27. The van der Waals surface area contributed by atoms with Gasteiger partial charge in [0.15, 0.2) is 4.77 Å². The molecule has 1 aliphatic rings. The largest absolute Gasteiger partial charge is 0.381 e. The summed E-state index contributed by atoms with van der Waals surface area (Å²) in [5, 5.41) is 5.06. The van der Waals surface area contributed by atoms with Crippen LogP contribution in [0.5, 0.6) is 0 Å². The van der Waals surface area contributed by atoms with Gasteiger partial charge in [-0.3, -0.25) is 9.67 Å². The van der Waals surface area contributed by atoms with Crippen molar-refractivity contribution >= 4 is 12.2 Å². The number of aromatic amines is 2. The van der Waals surface area contributed by atoms with Crippen molar-refractivity contribution in [3.05, 3.63) is 15.3 Å². The predicted molar refractivity (Wildman–Crippen MR) is 49.2 cm³/mol. The molecule has 1 unspecified atom stereocenters. The lowest BCUT2D eigenvalue weighted by Gasteiger charge is -2.05. The molecule has 72 valence electrons. The third kappa shape index (κ3) is 1.73. The van der Waals surface area contributed by atoms with Crippen LogP contribution in [0.25, 0.3) is 0 Å². The molecule has 0 aromatic carbocycles. The van der Waals surface area contributed by atoms with Crippen molar-refractivity contribution in [2.75, 3.05) is 13.2 Å². The smallest absolute Gasteiger partial charge is 0.342 e. The fourth-order valence-electron chi connectivity index (χ4n) is 1.49. The number of nitrogens with zero attached hydrogens (tertiary/aromatic N) is 1. The normalized spacial score (nSPS) is 22.3. The van der Waals surface area contributed by atoms with Crippen LogP contribution in [0, 0.1) is 10.7 Å². The fourth-order valence-corrected chi connectivity index (χ4v) is 1.69. The van der Waals surface area contributed by atoms with Crippen molar-refractivity contribution in [2.45, 2.75) is 13.0 Å². The average Bonchev–Trinajstić information content (AvgIpc) is 2.70. The molecule has 13 heavy (non-hydrogen) atoms. The molecule has 2 N–H and O–H groups in total. The second-order valence-corrected chi connectivity index (χ2v) is 3.59. The number of hydrogen-bond acceptors (Lipinski definition) is 3. The molecule has 0 spiro atoms. The minimum atomic E-state index is -0.170. The highest BCUT2D eigenvalue weighted by Crippen LogP contribution is 2.13. The fraction of sp³-hybridized carbons (Fsp3) is 0.714. The Morgan fingerprint density at radius 2 is 2.46 bits per heavy atom. The van der Waals surface area contributed by atoms with E-state index in [0.29, 0.717) is 17.2 Å². The van der Waals surface area contributed by atoms with E-state index in [1.165, 1.54) is 4.57 Å². The van der Waals surface area contributed by atoms with Crippen molar-refractivity contribution in [2.24, 2.45) is 5.92 Å². The summed E-state index contributed by atoms with van der Waals surface area (Å²) in [6.07, 6.45) is 1.01. The van der Waals surface area contributed by atoms with Crippen LogP contribution in [0.2, 0.25) is 0 Å². The van der Waals surface area contributed by atoms with Crippen molar-refractivity contribution in [3.63, 3.8) is 0 Å². The highest BCUT2D eigenvalue weighted by atomic mass is 32.1. The van der Waals surface area contributed by atoms with E-state index < -0.39 is 0 Å². The van der Waals surface area contributed by atoms with Gasteiger partial charge in [0, 0.05) is 19.1 Å². The Balaban J connectivity index is 2.17. The molecule has 1 saturated heterocycles. The third-order valence-corrected chi connectivity index (χ3v) is 2.55. The van der Waals surface area contributed by atoms with Gasteiger partial charge in [0.1, 0.15) is 0 Å². The maximum atomic E-state index is 11.2. The Morgan fingerprint density at radius 1 is 1.62 bits per heavy atom. The Hall–Kier alpha value is -0.880. The first-order valence-electron chi connectivity index (χ1n) is 4.22. The van der Waals surface area contributed by atoms with Crippen LogP contribution in [0.3, 0.4) is 0 Å². The molecule has 0 bridgehead atoms.